The van der Waals surface area contributed by atoms with Gasteiger partial charge in [-0.1, -0.05) is 72.3 Å². The molecule has 3 rings (SSSR count). The third-order valence-corrected chi connectivity index (χ3v) is 3.25. The summed E-state index contributed by atoms with van der Waals surface area (Å²) in [6.45, 7) is 3.20. The van der Waals surface area contributed by atoms with Gasteiger partial charge in [0.15, 0.2) is 0 Å². The molecule has 19 heavy (non-hydrogen) atoms. The van der Waals surface area contributed by atoms with Gasteiger partial charge in [-0.15, -0.1) is 0 Å². The number of rotatable bonds is 3. The Bertz CT molecular complexity index is 594. The van der Waals surface area contributed by atoms with E-state index in [9.17, 15) is 0 Å². The van der Waals surface area contributed by atoms with Gasteiger partial charge >= 0.3 is 0 Å². The van der Waals surface area contributed by atoms with Crippen LogP contribution in [0.4, 0.5) is 0 Å². The summed E-state index contributed by atoms with van der Waals surface area (Å²) in [7, 11) is 0. The van der Waals surface area contributed by atoms with Crippen LogP contribution in [0, 0.1) is 6.54 Å². The molecule has 1 nitrogen and oxygen atoms in total. The summed E-state index contributed by atoms with van der Waals surface area (Å²) in [6.07, 6.45) is 5.50. The molecule has 2 aromatic rings. The summed E-state index contributed by atoms with van der Waals surface area (Å²) in [5, 5.41) is 0. The zero-order chi connectivity index (χ0) is 12.9. The fourth-order valence-corrected chi connectivity index (χ4v) is 2.31. The Balaban J connectivity index is 1.73. The predicted octanol–water partition coefficient (Wildman–Crippen LogP) is 3.92. The largest absolute Gasteiger partial charge is 0.361 e. The molecular weight excluding hydrogens is 230 g/mol. The molecule has 0 spiro atoms. The minimum atomic E-state index is 0.951. The molecular formula is C18H17N. The van der Waals surface area contributed by atoms with Crippen molar-refractivity contribution >= 4 is 12.3 Å². The third-order valence-electron chi connectivity index (χ3n) is 3.25. The molecule has 0 aromatic heterocycles. The molecule has 1 heterocycles. The molecule has 0 N–H and O–H groups in total. The first kappa shape index (κ1) is 11.8. The summed E-state index contributed by atoms with van der Waals surface area (Å²) >= 11 is 0. The Kier molecular flexibility index (Phi) is 3.46. The van der Waals surface area contributed by atoms with Crippen LogP contribution in [0.5, 0.6) is 0 Å². The lowest BCUT2D eigenvalue weighted by atomic mass is 10.1. The molecule has 0 amide bonds. The third kappa shape index (κ3) is 3.14. The van der Waals surface area contributed by atoms with Crippen molar-refractivity contribution in [1.82, 2.24) is 0 Å². The van der Waals surface area contributed by atoms with Gasteiger partial charge in [0.1, 0.15) is 6.54 Å². The van der Waals surface area contributed by atoms with E-state index in [1.807, 2.05) is 6.07 Å². The van der Waals surface area contributed by atoms with Gasteiger partial charge in [0.05, 0.1) is 0 Å². The van der Waals surface area contributed by atoms with Crippen molar-refractivity contribution in [2.75, 3.05) is 0 Å². The summed E-state index contributed by atoms with van der Waals surface area (Å²) in [4.78, 5) is 0. The summed E-state index contributed by atoms with van der Waals surface area (Å²) < 4.78 is 2.27. The Morgan fingerprint density at radius 1 is 0.947 bits per heavy atom. The minimum absolute atomic E-state index is 0.951. The van der Waals surface area contributed by atoms with Crippen molar-refractivity contribution in [3.63, 3.8) is 0 Å². The molecule has 0 saturated carbocycles. The molecule has 1 aliphatic rings. The zero-order valence-electron chi connectivity index (χ0n) is 10.9. The van der Waals surface area contributed by atoms with Crippen LogP contribution in [0.3, 0.4) is 0 Å². The Labute approximate surface area is 114 Å². The first-order chi connectivity index (χ1) is 9.40. The van der Waals surface area contributed by atoms with Gasteiger partial charge < -0.3 is 4.58 Å². The molecule has 2 aromatic carbocycles. The van der Waals surface area contributed by atoms with Crippen LogP contribution in [0.15, 0.2) is 66.2 Å². The smallest absolute Gasteiger partial charge is 0.141 e. The van der Waals surface area contributed by atoms with Gasteiger partial charge in [-0.25, -0.2) is 0 Å². The quantitative estimate of drug-likeness (QED) is 0.571. The monoisotopic (exact) mass is 247 g/mol. The first-order valence-corrected chi connectivity index (χ1v) is 6.64. The second kappa shape index (κ2) is 5.57. The topological polar surface area (TPSA) is 3.01 Å². The lowest BCUT2D eigenvalue weighted by Crippen LogP contribution is -2.03. The fraction of sp³-hybridized carbons (Fsp3) is 0.111. The van der Waals surface area contributed by atoms with Crippen molar-refractivity contribution in [3.8, 4) is 0 Å². The van der Waals surface area contributed by atoms with Crippen LogP contribution >= 0.6 is 0 Å². The van der Waals surface area contributed by atoms with Gasteiger partial charge in [-0.2, -0.15) is 0 Å². The number of benzene rings is 2. The highest BCUT2D eigenvalue weighted by Crippen LogP contribution is 2.16. The van der Waals surface area contributed by atoms with Crippen molar-refractivity contribution in [2.24, 2.45) is 0 Å². The first-order valence-electron chi connectivity index (χ1n) is 6.64. The average molecular weight is 247 g/mol. The highest BCUT2D eigenvalue weighted by Gasteiger charge is 2.07. The lowest BCUT2D eigenvalue weighted by molar-refractivity contribution is -0.494. The molecule has 0 aliphatic carbocycles. The van der Waals surface area contributed by atoms with Crippen molar-refractivity contribution in [2.45, 2.75) is 13.0 Å². The van der Waals surface area contributed by atoms with Crippen LogP contribution in [-0.4, -0.2) is 10.8 Å². The van der Waals surface area contributed by atoms with E-state index in [1.165, 1.54) is 16.7 Å². The molecule has 0 atom stereocenters. The van der Waals surface area contributed by atoms with E-state index in [4.69, 9.17) is 0 Å². The number of nitrogens with zero attached hydrogens (tertiary/aromatic N) is 1. The van der Waals surface area contributed by atoms with Gasteiger partial charge in [0, 0.05) is 18.3 Å². The van der Waals surface area contributed by atoms with Crippen molar-refractivity contribution < 1.29 is 4.58 Å². The second-order valence-corrected chi connectivity index (χ2v) is 4.80. The molecule has 0 bridgehead atoms. The van der Waals surface area contributed by atoms with E-state index in [2.05, 4.69) is 78.0 Å². The molecule has 0 saturated heterocycles. The van der Waals surface area contributed by atoms with Crippen molar-refractivity contribution in [1.29, 1.82) is 0 Å². The van der Waals surface area contributed by atoms with E-state index >= 15 is 0 Å². The Hall–Kier alpha value is -2.28. The van der Waals surface area contributed by atoms with Gasteiger partial charge in [-0.05, 0) is 12.0 Å². The van der Waals surface area contributed by atoms with E-state index in [1.54, 1.807) is 0 Å². The lowest BCUT2D eigenvalue weighted by Gasteiger charge is -2.03. The standard InChI is InChI=1S/C18H17N/c1-3-7-16(8-4-1)13-18-11-12-19(15-18)14-17-9-5-2-6-10-17/h1-10,12-13,15H,11,14H2/b18-13-. The number of hydrogen-bond acceptors (Lipinski definition) is 0. The second-order valence-electron chi connectivity index (χ2n) is 4.80. The molecule has 0 fully saturated rings. The van der Waals surface area contributed by atoms with Crippen LogP contribution in [0.1, 0.15) is 17.5 Å². The summed E-state index contributed by atoms with van der Waals surface area (Å²) in [5.74, 6) is 0. The molecule has 94 valence electrons. The van der Waals surface area contributed by atoms with Crippen LogP contribution in [0.2, 0.25) is 0 Å². The van der Waals surface area contributed by atoms with Crippen LogP contribution in [-0.2, 0) is 6.54 Å². The van der Waals surface area contributed by atoms with E-state index in [0.717, 1.165) is 13.0 Å². The summed E-state index contributed by atoms with van der Waals surface area (Å²) in [5.41, 5.74) is 3.97. The van der Waals surface area contributed by atoms with E-state index in [-0.39, 0.29) is 0 Å². The maximum atomic E-state index is 2.27. The Morgan fingerprint density at radius 2 is 1.63 bits per heavy atom. The summed E-state index contributed by atoms with van der Waals surface area (Å²) in [6, 6.07) is 21.1. The number of hydrogen-bond donors (Lipinski definition) is 0. The molecule has 1 aliphatic heterocycles. The highest BCUT2D eigenvalue weighted by molar-refractivity contribution is 5.84. The molecule has 1 heteroatoms. The fourth-order valence-electron chi connectivity index (χ4n) is 2.31. The average Bonchev–Trinajstić information content (AvgIpc) is 2.88. The Morgan fingerprint density at radius 3 is 2.37 bits per heavy atom. The SMILES string of the molecule is C1=[N+](Cc2ccccc2)[CH-]C/C1=C/c1ccccc1. The normalized spacial score (nSPS) is 16.2. The van der Waals surface area contributed by atoms with Crippen LogP contribution < -0.4 is 0 Å². The van der Waals surface area contributed by atoms with E-state index in [0.29, 0.717) is 0 Å². The molecule has 0 radical (unpaired) electrons. The maximum Gasteiger partial charge on any atom is 0.141 e. The zero-order valence-corrected chi connectivity index (χ0v) is 10.9. The predicted molar refractivity (Wildman–Crippen MR) is 79.8 cm³/mol. The van der Waals surface area contributed by atoms with Crippen LogP contribution in [0.25, 0.3) is 6.08 Å². The minimum Gasteiger partial charge on any atom is -0.361 e. The van der Waals surface area contributed by atoms with Gasteiger partial charge in [0.25, 0.3) is 0 Å². The maximum absolute atomic E-state index is 2.27. The van der Waals surface area contributed by atoms with Crippen molar-refractivity contribution in [3.05, 3.63) is 83.9 Å². The molecule has 0 unspecified atom stereocenters. The highest BCUT2D eigenvalue weighted by atomic mass is 15.0. The van der Waals surface area contributed by atoms with E-state index < -0.39 is 0 Å². The van der Waals surface area contributed by atoms with Gasteiger partial charge in [0.2, 0.25) is 0 Å². The van der Waals surface area contributed by atoms with Gasteiger partial charge in [-0.3, -0.25) is 0 Å².